The third-order valence-corrected chi connectivity index (χ3v) is 4.59. The predicted octanol–water partition coefficient (Wildman–Crippen LogP) is 2.18. The van der Waals surface area contributed by atoms with E-state index in [9.17, 15) is 4.79 Å². The number of aryl methyl sites for hydroxylation is 1. The van der Waals surface area contributed by atoms with Crippen LogP contribution in [0.2, 0.25) is 0 Å². The smallest absolute Gasteiger partial charge is 0.253 e. The average molecular weight is 275 g/mol. The van der Waals surface area contributed by atoms with Gasteiger partial charge >= 0.3 is 0 Å². The van der Waals surface area contributed by atoms with Crippen molar-refractivity contribution < 1.29 is 4.79 Å². The van der Waals surface area contributed by atoms with Crippen LogP contribution in [0.1, 0.15) is 41.6 Å². The van der Waals surface area contributed by atoms with Gasteiger partial charge in [0.2, 0.25) is 0 Å². The zero-order valence-corrected chi connectivity index (χ0v) is 12.7. The highest BCUT2D eigenvalue weighted by Gasteiger charge is 2.36. The Morgan fingerprint density at radius 2 is 2.00 bits per heavy atom. The molecule has 1 aromatic carbocycles. The molecule has 1 saturated carbocycles. The molecule has 110 valence electrons. The standard InChI is InChI=1S/C16H25N3O/c1-12-7-6-8-13(17)14(12)15(20)18-11-16(19(2)3)9-4-5-10-16/h6-8H,4-5,9-11,17H2,1-3H3,(H,18,20). The number of carbonyl (C=O) groups excluding carboxylic acids is 1. The monoisotopic (exact) mass is 275 g/mol. The zero-order chi connectivity index (χ0) is 14.8. The van der Waals surface area contributed by atoms with Crippen LogP contribution < -0.4 is 11.1 Å². The van der Waals surface area contributed by atoms with Gasteiger partial charge in [-0.25, -0.2) is 0 Å². The van der Waals surface area contributed by atoms with Crippen molar-refractivity contribution in [2.45, 2.75) is 38.1 Å². The fourth-order valence-corrected chi connectivity index (χ4v) is 3.15. The molecule has 4 nitrogen and oxygen atoms in total. The van der Waals surface area contributed by atoms with Crippen LogP contribution in [-0.4, -0.2) is 37.0 Å². The van der Waals surface area contributed by atoms with E-state index in [1.54, 1.807) is 6.07 Å². The summed E-state index contributed by atoms with van der Waals surface area (Å²) >= 11 is 0. The molecule has 0 atom stereocenters. The van der Waals surface area contributed by atoms with Crippen molar-refractivity contribution in [3.05, 3.63) is 29.3 Å². The Bertz CT molecular complexity index is 470. The number of carbonyl (C=O) groups is 1. The molecule has 0 radical (unpaired) electrons. The number of hydrogen-bond acceptors (Lipinski definition) is 3. The van der Waals surface area contributed by atoms with E-state index >= 15 is 0 Å². The molecule has 4 heteroatoms. The van der Waals surface area contributed by atoms with Crippen molar-refractivity contribution in [1.29, 1.82) is 0 Å². The molecule has 3 N–H and O–H groups in total. The maximum absolute atomic E-state index is 12.4. The van der Waals surface area contributed by atoms with Gasteiger partial charge in [0.25, 0.3) is 5.91 Å². The molecule has 0 saturated heterocycles. The first-order valence-corrected chi connectivity index (χ1v) is 7.27. The van der Waals surface area contributed by atoms with Gasteiger partial charge in [-0.2, -0.15) is 0 Å². The number of nitrogens with one attached hydrogen (secondary N) is 1. The minimum absolute atomic E-state index is 0.0614. The SMILES string of the molecule is Cc1cccc(N)c1C(=O)NCC1(N(C)C)CCCC1. The van der Waals surface area contributed by atoms with Gasteiger partial charge in [-0.3, -0.25) is 4.79 Å². The van der Waals surface area contributed by atoms with Crippen LogP contribution in [0.25, 0.3) is 0 Å². The Hall–Kier alpha value is -1.55. The van der Waals surface area contributed by atoms with Crippen molar-refractivity contribution in [3.63, 3.8) is 0 Å². The molecule has 20 heavy (non-hydrogen) atoms. The van der Waals surface area contributed by atoms with Crippen molar-refractivity contribution >= 4 is 11.6 Å². The molecule has 1 amide bonds. The van der Waals surface area contributed by atoms with Crippen molar-refractivity contribution in [2.24, 2.45) is 0 Å². The molecule has 0 heterocycles. The second-order valence-corrected chi connectivity index (χ2v) is 6.05. The van der Waals surface area contributed by atoms with Crippen LogP contribution in [0.5, 0.6) is 0 Å². The van der Waals surface area contributed by atoms with Gasteiger partial charge in [-0.05, 0) is 45.5 Å². The Morgan fingerprint density at radius 3 is 2.55 bits per heavy atom. The van der Waals surface area contributed by atoms with Crippen LogP contribution >= 0.6 is 0 Å². The van der Waals surface area contributed by atoms with E-state index < -0.39 is 0 Å². The first-order chi connectivity index (χ1) is 9.46. The summed E-state index contributed by atoms with van der Waals surface area (Å²) in [5.41, 5.74) is 8.12. The summed E-state index contributed by atoms with van der Waals surface area (Å²) in [5.74, 6) is -0.0614. The van der Waals surface area contributed by atoms with Crippen LogP contribution in [-0.2, 0) is 0 Å². The number of rotatable bonds is 4. The third-order valence-electron chi connectivity index (χ3n) is 4.59. The maximum Gasteiger partial charge on any atom is 0.253 e. The molecular formula is C16H25N3O. The molecule has 1 aliphatic carbocycles. The van der Waals surface area contributed by atoms with E-state index in [0.717, 1.165) is 18.4 Å². The summed E-state index contributed by atoms with van der Waals surface area (Å²) in [4.78, 5) is 14.6. The minimum atomic E-state index is -0.0614. The normalized spacial score (nSPS) is 17.4. The topological polar surface area (TPSA) is 58.4 Å². The maximum atomic E-state index is 12.4. The number of nitrogens with two attached hydrogens (primary N) is 1. The molecule has 1 fully saturated rings. The van der Waals surface area contributed by atoms with Crippen LogP contribution in [0, 0.1) is 6.92 Å². The van der Waals surface area contributed by atoms with Gasteiger partial charge in [0, 0.05) is 17.8 Å². The number of hydrogen-bond donors (Lipinski definition) is 2. The molecule has 2 rings (SSSR count). The number of benzene rings is 1. The lowest BCUT2D eigenvalue weighted by Gasteiger charge is -2.36. The lowest BCUT2D eigenvalue weighted by molar-refractivity contribution is 0.0900. The fraction of sp³-hybridized carbons (Fsp3) is 0.562. The number of nitrogens with zero attached hydrogens (tertiary/aromatic N) is 1. The molecule has 0 bridgehead atoms. The molecule has 0 spiro atoms. The zero-order valence-electron chi connectivity index (χ0n) is 12.7. The summed E-state index contributed by atoms with van der Waals surface area (Å²) in [5, 5.41) is 3.08. The molecule has 0 aromatic heterocycles. The van der Waals surface area contributed by atoms with Gasteiger partial charge in [-0.15, -0.1) is 0 Å². The molecule has 0 aliphatic heterocycles. The Kier molecular flexibility index (Phi) is 4.33. The van der Waals surface area contributed by atoms with Crippen LogP contribution in [0.15, 0.2) is 18.2 Å². The summed E-state index contributed by atoms with van der Waals surface area (Å²) in [6, 6.07) is 5.57. The molecule has 1 aromatic rings. The van der Waals surface area contributed by atoms with Gasteiger partial charge in [0.15, 0.2) is 0 Å². The molecule has 1 aliphatic rings. The minimum Gasteiger partial charge on any atom is -0.398 e. The highest BCUT2D eigenvalue weighted by molar-refractivity contribution is 6.00. The summed E-state index contributed by atoms with van der Waals surface area (Å²) in [7, 11) is 4.19. The van der Waals surface area contributed by atoms with Crippen molar-refractivity contribution in [3.8, 4) is 0 Å². The average Bonchev–Trinajstić information content (AvgIpc) is 2.86. The van der Waals surface area contributed by atoms with E-state index in [1.165, 1.54) is 12.8 Å². The second-order valence-electron chi connectivity index (χ2n) is 6.05. The van der Waals surface area contributed by atoms with E-state index in [4.69, 9.17) is 5.73 Å². The van der Waals surface area contributed by atoms with Gasteiger partial charge in [-0.1, -0.05) is 25.0 Å². The number of nitrogen functional groups attached to an aromatic ring is 1. The quantitative estimate of drug-likeness (QED) is 0.828. The highest BCUT2D eigenvalue weighted by atomic mass is 16.1. The Balaban J connectivity index is 2.09. The summed E-state index contributed by atoms with van der Waals surface area (Å²) in [6.07, 6.45) is 4.76. The molecular weight excluding hydrogens is 250 g/mol. The largest absolute Gasteiger partial charge is 0.398 e. The first kappa shape index (κ1) is 14.9. The third kappa shape index (κ3) is 2.80. The summed E-state index contributed by atoms with van der Waals surface area (Å²) < 4.78 is 0. The fourth-order valence-electron chi connectivity index (χ4n) is 3.15. The van der Waals surface area contributed by atoms with Crippen LogP contribution in [0.4, 0.5) is 5.69 Å². The van der Waals surface area contributed by atoms with Crippen molar-refractivity contribution in [2.75, 3.05) is 26.4 Å². The van der Waals surface area contributed by atoms with Crippen LogP contribution in [0.3, 0.4) is 0 Å². The number of anilines is 1. The lowest BCUT2D eigenvalue weighted by Crippen LogP contribution is -2.50. The molecule has 0 unspecified atom stereocenters. The van der Waals surface area contributed by atoms with E-state index in [2.05, 4.69) is 24.3 Å². The van der Waals surface area contributed by atoms with Gasteiger partial charge in [0.05, 0.1) is 5.56 Å². The lowest BCUT2D eigenvalue weighted by atomic mass is 9.95. The van der Waals surface area contributed by atoms with E-state index in [0.29, 0.717) is 17.8 Å². The number of likely N-dealkylation sites (N-methyl/N-ethyl adjacent to an activating group) is 1. The van der Waals surface area contributed by atoms with E-state index in [-0.39, 0.29) is 11.4 Å². The van der Waals surface area contributed by atoms with E-state index in [1.807, 2.05) is 19.1 Å². The second kappa shape index (κ2) is 5.83. The summed E-state index contributed by atoms with van der Waals surface area (Å²) in [6.45, 7) is 2.61. The Morgan fingerprint density at radius 1 is 1.35 bits per heavy atom. The number of amides is 1. The van der Waals surface area contributed by atoms with Crippen molar-refractivity contribution in [1.82, 2.24) is 10.2 Å². The first-order valence-electron chi connectivity index (χ1n) is 7.27. The highest BCUT2D eigenvalue weighted by Crippen LogP contribution is 2.33. The Labute approximate surface area is 121 Å². The van der Waals surface area contributed by atoms with Gasteiger partial charge in [0.1, 0.15) is 0 Å². The predicted molar refractivity (Wildman–Crippen MR) is 82.8 cm³/mol. The van der Waals surface area contributed by atoms with Gasteiger partial charge < -0.3 is 16.0 Å².